The Morgan fingerprint density at radius 1 is 1.04 bits per heavy atom. The van der Waals surface area contributed by atoms with Crippen LogP contribution in [0.4, 0.5) is 14.9 Å². The normalized spacial score (nSPS) is 20.1. The number of nitrogens with one attached hydrogen (secondary N) is 3. The highest BCUT2D eigenvalue weighted by atomic mass is 32.2. The van der Waals surface area contributed by atoms with Crippen LogP contribution in [0.5, 0.6) is 0 Å². The topological polar surface area (TPSA) is 104 Å². The molecule has 0 saturated carbocycles. The molecule has 1 aliphatic rings. The van der Waals surface area contributed by atoms with Gasteiger partial charge in [0.25, 0.3) is 15.9 Å². The minimum absolute atomic E-state index is 0.195. The molecule has 2 aromatic rings. The van der Waals surface area contributed by atoms with Crippen LogP contribution in [0, 0.1) is 5.82 Å². The van der Waals surface area contributed by atoms with Gasteiger partial charge in [-0.3, -0.25) is 14.8 Å². The summed E-state index contributed by atoms with van der Waals surface area (Å²) in [4.78, 5) is 22.7. The molecule has 7 nitrogen and oxygen atoms in total. The van der Waals surface area contributed by atoms with Crippen LogP contribution in [-0.4, -0.2) is 20.4 Å². The summed E-state index contributed by atoms with van der Waals surface area (Å²) in [6, 6.07) is 10.3. The zero-order valence-corrected chi connectivity index (χ0v) is 13.9. The summed E-state index contributed by atoms with van der Waals surface area (Å²) in [5.41, 5.74) is -0.565. The van der Waals surface area contributed by atoms with E-state index in [-0.39, 0.29) is 5.69 Å². The third-order valence-electron chi connectivity index (χ3n) is 3.89. The van der Waals surface area contributed by atoms with Gasteiger partial charge in [-0.2, -0.15) is 0 Å². The molecular weight excluding hydrogens is 349 g/mol. The van der Waals surface area contributed by atoms with Crippen LogP contribution >= 0.6 is 0 Å². The molecule has 0 aliphatic carbocycles. The van der Waals surface area contributed by atoms with Gasteiger partial charge in [0.2, 0.25) is 0 Å². The summed E-state index contributed by atoms with van der Waals surface area (Å²) in [5.74, 6) is -1.36. The van der Waals surface area contributed by atoms with E-state index < -0.39 is 38.2 Å². The van der Waals surface area contributed by atoms with Gasteiger partial charge < -0.3 is 5.32 Å². The van der Waals surface area contributed by atoms with Crippen LogP contribution in [0.2, 0.25) is 0 Å². The van der Waals surface area contributed by atoms with E-state index in [1.807, 2.05) is 0 Å². The van der Waals surface area contributed by atoms with E-state index in [4.69, 9.17) is 0 Å². The first-order valence-corrected chi connectivity index (χ1v) is 8.72. The van der Waals surface area contributed by atoms with Gasteiger partial charge in [0, 0.05) is 5.69 Å². The molecule has 0 radical (unpaired) electrons. The maximum absolute atomic E-state index is 13.7. The number of sulfonamides is 1. The van der Waals surface area contributed by atoms with Gasteiger partial charge in [-0.25, -0.2) is 17.6 Å². The fraction of sp³-hybridized carbons (Fsp3) is 0.125. The van der Waals surface area contributed by atoms with Crippen molar-refractivity contribution in [3.63, 3.8) is 0 Å². The first-order chi connectivity index (χ1) is 11.7. The van der Waals surface area contributed by atoms with Crippen LogP contribution in [0.1, 0.15) is 12.5 Å². The first kappa shape index (κ1) is 16.9. The summed E-state index contributed by atoms with van der Waals surface area (Å²) in [5, 5.41) is 4.65. The maximum Gasteiger partial charge on any atom is 0.322 e. The summed E-state index contributed by atoms with van der Waals surface area (Å²) in [7, 11) is -4.08. The van der Waals surface area contributed by atoms with Gasteiger partial charge in [-0.1, -0.05) is 24.3 Å². The van der Waals surface area contributed by atoms with Crippen molar-refractivity contribution in [2.75, 3.05) is 4.72 Å². The number of benzene rings is 2. The Kier molecular flexibility index (Phi) is 3.96. The van der Waals surface area contributed by atoms with Crippen molar-refractivity contribution < 1.29 is 22.4 Å². The van der Waals surface area contributed by atoms with E-state index in [0.717, 1.165) is 12.1 Å². The quantitative estimate of drug-likeness (QED) is 0.719. The van der Waals surface area contributed by atoms with E-state index >= 15 is 0 Å². The first-order valence-electron chi connectivity index (χ1n) is 7.24. The van der Waals surface area contributed by atoms with Crippen LogP contribution in [-0.2, 0) is 20.4 Å². The third-order valence-corrected chi connectivity index (χ3v) is 5.30. The second kappa shape index (κ2) is 5.85. The van der Waals surface area contributed by atoms with Crippen LogP contribution in [0.3, 0.4) is 0 Å². The van der Waals surface area contributed by atoms with Crippen LogP contribution in [0.15, 0.2) is 53.4 Å². The number of hydrogen-bond acceptors (Lipinski definition) is 4. The molecule has 1 saturated heterocycles. The number of carbonyl (C=O) groups is 2. The van der Waals surface area contributed by atoms with Gasteiger partial charge in [-0.05, 0) is 36.8 Å². The van der Waals surface area contributed by atoms with Crippen molar-refractivity contribution in [2.24, 2.45) is 0 Å². The molecule has 1 heterocycles. The molecule has 0 spiro atoms. The Morgan fingerprint density at radius 2 is 1.68 bits per heavy atom. The second-order valence-electron chi connectivity index (χ2n) is 5.65. The summed E-state index contributed by atoms with van der Waals surface area (Å²) in [6.07, 6.45) is 0. The number of carbonyl (C=O) groups excluding carboxylic acids is 2. The predicted octanol–water partition coefficient (Wildman–Crippen LogP) is 1.68. The van der Waals surface area contributed by atoms with Crippen molar-refractivity contribution in [1.82, 2.24) is 10.6 Å². The Morgan fingerprint density at radius 3 is 2.24 bits per heavy atom. The van der Waals surface area contributed by atoms with E-state index in [2.05, 4.69) is 15.4 Å². The standard InChI is InChI=1S/C16H14FN3O4S/c1-16(14(21)18-15(22)19-16)10-6-8-11(9-7-10)20-25(23,24)13-5-3-2-4-12(13)17/h2-9,20H,1H3,(H2,18,19,21,22). The fourth-order valence-corrected chi connectivity index (χ4v) is 3.63. The van der Waals surface area contributed by atoms with Crippen molar-refractivity contribution in [3.8, 4) is 0 Å². The Labute approximate surface area is 143 Å². The number of urea groups is 1. The minimum Gasteiger partial charge on any atom is -0.320 e. The van der Waals surface area contributed by atoms with E-state index in [0.29, 0.717) is 5.56 Å². The van der Waals surface area contributed by atoms with E-state index in [9.17, 15) is 22.4 Å². The van der Waals surface area contributed by atoms with Gasteiger partial charge in [0.05, 0.1) is 0 Å². The van der Waals surface area contributed by atoms with Crippen LogP contribution in [0.25, 0.3) is 0 Å². The molecule has 2 aromatic carbocycles. The highest BCUT2D eigenvalue weighted by Crippen LogP contribution is 2.26. The van der Waals surface area contributed by atoms with Crippen molar-refractivity contribution in [3.05, 3.63) is 59.9 Å². The number of rotatable bonds is 4. The highest BCUT2D eigenvalue weighted by Gasteiger charge is 2.43. The molecule has 1 unspecified atom stereocenters. The molecule has 1 fully saturated rings. The SMILES string of the molecule is CC1(c2ccc(NS(=O)(=O)c3ccccc3F)cc2)NC(=O)NC1=O. The average molecular weight is 363 g/mol. The van der Waals surface area contributed by atoms with E-state index in [1.165, 1.54) is 43.3 Å². The molecule has 3 N–H and O–H groups in total. The van der Waals surface area contributed by atoms with Crippen molar-refractivity contribution >= 4 is 27.6 Å². The Balaban J connectivity index is 1.85. The molecule has 3 rings (SSSR count). The maximum atomic E-state index is 13.7. The lowest BCUT2D eigenvalue weighted by Gasteiger charge is -2.21. The molecule has 3 amide bonds. The summed E-state index contributed by atoms with van der Waals surface area (Å²) >= 11 is 0. The molecule has 1 aliphatic heterocycles. The lowest BCUT2D eigenvalue weighted by Crippen LogP contribution is -2.40. The number of anilines is 1. The molecular formula is C16H14FN3O4S. The molecule has 0 bridgehead atoms. The number of imide groups is 1. The Hall–Kier alpha value is -2.94. The highest BCUT2D eigenvalue weighted by molar-refractivity contribution is 7.92. The zero-order chi connectivity index (χ0) is 18.2. The third kappa shape index (κ3) is 3.05. The zero-order valence-electron chi connectivity index (χ0n) is 13.0. The van der Waals surface area contributed by atoms with Gasteiger partial charge in [0.15, 0.2) is 0 Å². The molecule has 1 atom stereocenters. The predicted molar refractivity (Wildman–Crippen MR) is 87.7 cm³/mol. The lowest BCUT2D eigenvalue weighted by atomic mass is 9.92. The van der Waals surface area contributed by atoms with Gasteiger partial charge in [-0.15, -0.1) is 0 Å². The molecule has 0 aromatic heterocycles. The lowest BCUT2D eigenvalue weighted by molar-refractivity contribution is -0.123. The van der Waals surface area contributed by atoms with Crippen molar-refractivity contribution in [2.45, 2.75) is 17.4 Å². The van der Waals surface area contributed by atoms with Crippen LogP contribution < -0.4 is 15.4 Å². The smallest absolute Gasteiger partial charge is 0.320 e. The molecule has 130 valence electrons. The largest absolute Gasteiger partial charge is 0.322 e. The summed E-state index contributed by atoms with van der Waals surface area (Å²) < 4.78 is 40.5. The van der Waals surface area contributed by atoms with Gasteiger partial charge >= 0.3 is 6.03 Å². The summed E-state index contributed by atoms with van der Waals surface area (Å²) in [6.45, 7) is 1.53. The number of halogens is 1. The van der Waals surface area contributed by atoms with Crippen molar-refractivity contribution in [1.29, 1.82) is 0 Å². The monoisotopic (exact) mass is 363 g/mol. The molecule has 25 heavy (non-hydrogen) atoms. The minimum atomic E-state index is -4.08. The second-order valence-corrected chi connectivity index (χ2v) is 7.30. The number of hydrogen-bond donors (Lipinski definition) is 3. The fourth-order valence-electron chi connectivity index (χ4n) is 2.49. The average Bonchev–Trinajstić information content (AvgIpc) is 2.81. The molecule has 9 heteroatoms. The van der Waals surface area contributed by atoms with E-state index in [1.54, 1.807) is 0 Å². The number of amides is 3. The Bertz CT molecular complexity index is 960. The van der Waals surface area contributed by atoms with Gasteiger partial charge in [0.1, 0.15) is 16.3 Å².